The molecule has 0 N–H and O–H groups in total. The highest BCUT2D eigenvalue weighted by molar-refractivity contribution is 6.32. The molecule has 82 valence electrons. The van der Waals surface area contributed by atoms with Crippen molar-refractivity contribution >= 4 is 17.9 Å². The van der Waals surface area contributed by atoms with Gasteiger partial charge in [-0.2, -0.15) is 0 Å². The van der Waals surface area contributed by atoms with Crippen molar-refractivity contribution < 1.29 is 9.53 Å². The average Bonchev–Trinajstić information content (AvgIpc) is 2.21. The zero-order chi connectivity index (χ0) is 11.5. The summed E-state index contributed by atoms with van der Waals surface area (Å²) >= 11 is 5.99. The molecule has 0 spiro atoms. The van der Waals surface area contributed by atoms with E-state index in [4.69, 9.17) is 16.3 Å². The van der Waals surface area contributed by atoms with Crippen molar-refractivity contribution in [3.8, 4) is 5.75 Å². The third kappa shape index (κ3) is 3.24. The first-order valence-corrected chi connectivity index (χ1v) is 5.30. The van der Waals surface area contributed by atoms with Gasteiger partial charge >= 0.3 is 0 Å². The van der Waals surface area contributed by atoms with Crippen molar-refractivity contribution in [2.45, 2.75) is 32.8 Å². The molecular weight excluding hydrogens is 212 g/mol. The third-order valence-electron chi connectivity index (χ3n) is 2.33. The Morgan fingerprint density at radius 2 is 2.13 bits per heavy atom. The lowest BCUT2D eigenvalue weighted by Gasteiger charge is -2.25. The first-order chi connectivity index (χ1) is 6.98. The minimum absolute atomic E-state index is 0.244. The van der Waals surface area contributed by atoms with E-state index in [-0.39, 0.29) is 5.60 Å². The Kier molecular flexibility index (Phi) is 3.75. The van der Waals surface area contributed by atoms with E-state index in [1.807, 2.05) is 20.8 Å². The summed E-state index contributed by atoms with van der Waals surface area (Å²) < 4.78 is 5.73. The first kappa shape index (κ1) is 12.1. The van der Waals surface area contributed by atoms with Gasteiger partial charge in [0.15, 0.2) is 0 Å². The number of aldehydes is 1. The van der Waals surface area contributed by atoms with Crippen molar-refractivity contribution in [3.63, 3.8) is 0 Å². The molecule has 0 radical (unpaired) electrons. The molecule has 15 heavy (non-hydrogen) atoms. The van der Waals surface area contributed by atoms with Crippen molar-refractivity contribution in [1.29, 1.82) is 0 Å². The van der Waals surface area contributed by atoms with Crippen LogP contribution in [0.2, 0.25) is 5.02 Å². The van der Waals surface area contributed by atoms with Gasteiger partial charge in [-0.25, -0.2) is 0 Å². The number of hydrogen-bond donors (Lipinski definition) is 0. The van der Waals surface area contributed by atoms with E-state index in [2.05, 4.69) is 0 Å². The minimum Gasteiger partial charge on any atom is -0.486 e. The molecule has 0 saturated carbocycles. The predicted octanol–water partition coefficient (Wildman–Crippen LogP) is 3.72. The second kappa shape index (κ2) is 4.67. The van der Waals surface area contributed by atoms with E-state index in [0.29, 0.717) is 16.3 Å². The van der Waals surface area contributed by atoms with Crippen LogP contribution in [0.15, 0.2) is 18.2 Å². The lowest BCUT2D eigenvalue weighted by atomic mass is 10.1. The number of halogens is 1. The van der Waals surface area contributed by atoms with Crippen LogP contribution in [0.1, 0.15) is 37.6 Å². The van der Waals surface area contributed by atoms with Crippen LogP contribution >= 0.6 is 11.6 Å². The van der Waals surface area contributed by atoms with Gasteiger partial charge in [0.1, 0.15) is 17.6 Å². The van der Waals surface area contributed by atoms with Gasteiger partial charge < -0.3 is 4.74 Å². The molecule has 2 nitrogen and oxygen atoms in total. The van der Waals surface area contributed by atoms with E-state index in [0.717, 1.165) is 12.7 Å². The number of carbonyl (C=O) groups excluding carboxylic acids is 1. The maximum atomic E-state index is 10.5. The molecule has 1 aromatic rings. The summed E-state index contributed by atoms with van der Waals surface area (Å²) in [6.07, 6.45) is 1.65. The lowest BCUT2D eigenvalue weighted by molar-refractivity contribution is 0.105. The summed E-state index contributed by atoms with van der Waals surface area (Å²) in [5, 5.41) is 0.473. The Labute approximate surface area is 95.2 Å². The fourth-order valence-electron chi connectivity index (χ4n) is 1.04. The summed E-state index contributed by atoms with van der Waals surface area (Å²) in [6.45, 7) is 6.04. The summed E-state index contributed by atoms with van der Waals surface area (Å²) in [7, 11) is 0. The standard InChI is InChI=1S/C12H15ClO2/c1-4-12(2,3)15-11-6-5-9(8-14)7-10(11)13/h5-8H,4H2,1-3H3. The van der Waals surface area contributed by atoms with E-state index in [9.17, 15) is 4.79 Å². The third-order valence-corrected chi connectivity index (χ3v) is 2.63. The molecule has 3 heteroatoms. The lowest BCUT2D eigenvalue weighted by Crippen LogP contribution is -2.26. The molecular formula is C12H15ClO2. The van der Waals surface area contributed by atoms with Gasteiger partial charge in [-0.1, -0.05) is 18.5 Å². The van der Waals surface area contributed by atoms with Gasteiger partial charge in [-0.3, -0.25) is 4.79 Å². The molecule has 0 fully saturated rings. The molecule has 1 rings (SSSR count). The quantitative estimate of drug-likeness (QED) is 0.732. The van der Waals surface area contributed by atoms with Gasteiger partial charge in [-0.05, 0) is 38.5 Å². The smallest absolute Gasteiger partial charge is 0.150 e. The first-order valence-electron chi connectivity index (χ1n) is 4.92. The Morgan fingerprint density at radius 1 is 1.47 bits per heavy atom. The molecule has 0 aromatic heterocycles. The van der Waals surface area contributed by atoms with E-state index < -0.39 is 0 Å². The van der Waals surface area contributed by atoms with E-state index in [1.165, 1.54) is 0 Å². The van der Waals surface area contributed by atoms with Crippen LogP contribution in [0.4, 0.5) is 0 Å². The van der Waals surface area contributed by atoms with Gasteiger partial charge in [0.05, 0.1) is 5.02 Å². The number of hydrogen-bond acceptors (Lipinski definition) is 2. The van der Waals surface area contributed by atoms with Crippen molar-refractivity contribution in [2.24, 2.45) is 0 Å². The summed E-state index contributed by atoms with van der Waals surface area (Å²) in [6, 6.07) is 5.03. The summed E-state index contributed by atoms with van der Waals surface area (Å²) in [5.74, 6) is 0.620. The molecule has 0 atom stereocenters. The average molecular weight is 227 g/mol. The number of ether oxygens (including phenoxy) is 1. The molecule has 0 bridgehead atoms. The molecule has 0 saturated heterocycles. The molecule has 0 aliphatic rings. The fourth-order valence-corrected chi connectivity index (χ4v) is 1.27. The Bertz CT molecular complexity index is 359. The highest BCUT2D eigenvalue weighted by Gasteiger charge is 2.18. The Morgan fingerprint density at radius 3 is 2.60 bits per heavy atom. The van der Waals surface area contributed by atoms with Crippen molar-refractivity contribution in [3.05, 3.63) is 28.8 Å². The molecule has 0 unspecified atom stereocenters. The highest BCUT2D eigenvalue weighted by Crippen LogP contribution is 2.29. The zero-order valence-electron chi connectivity index (χ0n) is 9.21. The molecule has 0 aliphatic carbocycles. The van der Waals surface area contributed by atoms with Gasteiger partial charge in [-0.15, -0.1) is 0 Å². The summed E-state index contributed by atoms with van der Waals surface area (Å²) in [4.78, 5) is 10.5. The largest absolute Gasteiger partial charge is 0.486 e. The number of carbonyl (C=O) groups is 1. The van der Waals surface area contributed by atoms with Crippen LogP contribution < -0.4 is 4.74 Å². The van der Waals surface area contributed by atoms with Crippen LogP contribution in [-0.2, 0) is 0 Å². The molecule has 0 heterocycles. The predicted molar refractivity (Wildman–Crippen MR) is 61.8 cm³/mol. The monoisotopic (exact) mass is 226 g/mol. The van der Waals surface area contributed by atoms with E-state index >= 15 is 0 Å². The second-order valence-electron chi connectivity index (χ2n) is 4.02. The van der Waals surface area contributed by atoms with E-state index in [1.54, 1.807) is 18.2 Å². The molecule has 0 amide bonds. The maximum Gasteiger partial charge on any atom is 0.150 e. The second-order valence-corrected chi connectivity index (χ2v) is 4.43. The normalized spacial score (nSPS) is 11.2. The number of benzene rings is 1. The van der Waals surface area contributed by atoms with Crippen LogP contribution in [0.25, 0.3) is 0 Å². The van der Waals surface area contributed by atoms with Crippen molar-refractivity contribution in [1.82, 2.24) is 0 Å². The zero-order valence-corrected chi connectivity index (χ0v) is 9.97. The fraction of sp³-hybridized carbons (Fsp3) is 0.417. The van der Waals surface area contributed by atoms with Crippen molar-refractivity contribution in [2.75, 3.05) is 0 Å². The van der Waals surface area contributed by atoms with Crippen LogP contribution in [0.3, 0.4) is 0 Å². The van der Waals surface area contributed by atoms with Crippen LogP contribution in [-0.4, -0.2) is 11.9 Å². The summed E-state index contributed by atoms with van der Waals surface area (Å²) in [5.41, 5.74) is 0.313. The maximum absolute atomic E-state index is 10.5. The Balaban J connectivity index is 2.92. The Hall–Kier alpha value is -1.02. The highest BCUT2D eigenvalue weighted by atomic mass is 35.5. The van der Waals surface area contributed by atoms with Crippen LogP contribution in [0.5, 0.6) is 5.75 Å². The van der Waals surface area contributed by atoms with Crippen LogP contribution in [0, 0.1) is 0 Å². The topological polar surface area (TPSA) is 26.3 Å². The van der Waals surface area contributed by atoms with Gasteiger partial charge in [0, 0.05) is 5.56 Å². The minimum atomic E-state index is -0.244. The van der Waals surface area contributed by atoms with Gasteiger partial charge in [0.25, 0.3) is 0 Å². The SMILES string of the molecule is CCC(C)(C)Oc1ccc(C=O)cc1Cl. The van der Waals surface area contributed by atoms with Gasteiger partial charge in [0.2, 0.25) is 0 Å². The molecule has 1 aromatic carbocycles. The number of rotatable bonds is 4. The molecule has 0 aliphatic heterocycles.